The first kappa shape index (κ1) is 100. The lowest BCUT2D eigenvalue weighted by Crippen LogP contribution is -2.39. The Morgan fingerprint density at radius 1 is 0.374 bits per heavy atom. The van der Waals surface area contributed by atoms with Crippen molar-refractivity contribution in [2.75, 3.05) is 84.8 Å². The predicted molar refractivity (Wildman–Crippen MR) is 505 cm³/mol. The van der Waals surface area contributed by atoms with E-state index in [0.717, 1.165) is 65.3 Å². The van der Waals surface area contributed by atoms with Gasteiger partial charge in [0.2, 0.25) is 11.8 Å². The van der Waals surface area contributed by atoms with Gasteiger partial charge in [-0.1, -0.05) is 91.8 Å². The molecule has 2 aliphatic rings. The fourth-order valence-corrected chi connectivity index (χ4v) is 13.8. The van der Waals surface area contributed by atoms with Gasteiger partial charge in [0.05, 0.1) is 114 Å². The molecule has 2 aromatic heterocycles. The number of halogens is 2. The van der Waals surface area contributed by atoms with Gasteiger partial charge in [-0.05, 0) is 250 Å². The summed E-state index contributed by atoms with van der Waals surface area (Å²) in [6.45, 7) is 29.1. The molecule has 8 aromatic carbocycles. The Bertz CT molecular complexity index is 5620. The second-order valence-electron chi connectivity index (χ2n) is 36.1. The smallest absolute Gasteiger partial charge is 0.335 e. The van der Waals surface area contributed by atoms with Crippen molar-refractivity contribution >= 4 is 103 Å². The number of carboxylic acids is 1. The lowest BCUT2D eigenvalue weighted by Gasteiger charge is -2.28. The molecule has 131 heavy (non-hydrogen) atoms. The van der Waals surface area contributed by atoms with Crippen LogP contribution in [0.25, 0.3) is 21.8 Å². The van der Waals surface area contributed by atoms with Gasteiger partial charge in [0, 0.05) is 62.5 Å². The molecule has 0 atom stereocenters. The molecular weight excluding hydrogens is 1680 g/mol. The van der Waals surface area contributed by atoms with E-state index < -0.39 is 41.2 Å². The maximum Gasteiger partial charge on any atom is 0.335 e. The molecule has 12 rings (SSSR count). The number of carbonyl (C=O) groups is 8. The summed E-state index contributed by atoms with van der Waals surface area (Å²) < 4.78 is 75.3. The van der Waals surface area contributed by atoms with E-state index in [9.17, 15) is 52.2 Å². The normalized spacial score (nSPS) is 14.9. The van der Waals surface area contributed by atoms with Gasteiger partial charge in [-0.2, -0.15) is 0 Å². The second kappa shape index (κ2) is 47.4. The number of ether oxygens (including phenoxy) is 8. The van der Waals surface area contributed by atoms with E-state index in [-0.39, 0.29) is 160 Å². The number of rotatable bonds is 35. The second-order valence-corrected chi connectivity index (χ2v) is 36.1. The van der Waals surface area contributed by atoms with E-state index >= 15 is 0 Å². The summed E-state index contributed by atoms with van der Waals surface area (Å²) in [6, 6.07) is 45.6. The lowest BCUT2D eigenvalue weighted by atomic mass is 9.85. The summed E-state index contributed by atoms with van der Waals surface area (Å²) in [6.07, 6.45) is 9.57. The molecule has 0 aliphatic heterocycles. The van der Waals surface area contributed by atoms with Gasteiger partial charge in [-0.3, -0.25) is 43.5 Å². The highest BCUT2D eigenvalue weighted by Crippen LogP contribution is 2.36. The third-order valence-electron chi connectivity index (χ3n) is 20.7. The van der Waals surface area contributed by atoms with Gasteiger partial charge >= 0.3 is 5.97 Å². The maximum atomic E-state index is 14.6. The van der Waals surface area contributed by atoms with E-state index in [2.05, 4.69) is 47.2 Å². The van der Waals surface area contributed by atoms with E-state index in [1.54, 1.807) is 42.7 Å². The van der Waals surface area contributed by atoms with Crippen LogP contribution in [0, 0.1) is 47.1 Å². The first-order valence-corrected chi connectivity index (χ1v) is 44.4. The number of hydrogen-bond acceptors (Lipinski definition) is 19. The molecule has 27 nitrogen and oxygen atoms in total. The van der Waals surface area contributed by atoms with Crippen LogP contribution in [-0.4, -0.2) is 139 Å². The SMILES string of the molecule is CC(C)COc1cc(C(=O)Nc2ccc(C(=O)NC3CCC(C(=O)Nc4cnc5ccccc5c4)CC3)cc2OCC(C)C)ccc1NC(=O)c1ccc(F)c(OCCOC(C)(C)C)c1.CC(C)COc1cc(C(=O)O)ccc1NC(=O)c1ccc(NC(=O)c2ccc(F)c(OCCOC(C)(C)C)c2)c(OCC(C)C)c1.NC1CCC(C(=O)Nc2cnc3ccccc3c2)CC1. The number of amides is 7. The third kappa shape index (κ3) is 31.6. The Labute approximate surface area is 764 Å². The van der Waals surface area contributed by atoms with Crippen LogP contribution >= 0.6 is 0 Å². The molecule has 2 fully saturated rings. The Kier molecular flexibility index (Phi) is 36.2. The van der Waals surface area contributed by atoms with Gasteiger partial charge in [-0.15, -0.1) is 0 Å². The van der Waals surface area contributed by atoms with Gasteiger partial charge in [0.1, 0.15) is 36.2 Å². The minimum atomic E-state index is -1.12. The van der Waals surface area contributed by atoms with Crippen LogP contribution in [0.15, 0.2) is 182 Å². The van der Waals surface area contributed by atoms with Crippen LogP contribution in [0.1, 0.15) is 210 Å². The van der Waals surface area contributed by atoms with Crippen molar-refractivity contribution in [2.45, 2.75) is 172 Å². The van der Waals surface area contributed by atoms with Crippen molar-refractivity contribution in [3.8, 4) is 34.5 Å². The highest BCUT2D eigenvalue weighted by atomic mass is 19.1. The molecule has 0 unspecified atom stereocenters. The standard InChI is InChI=1S/C51H60FN5O8.C35H43FN2O8.C16H19N3O/c1-31(2)29-63-45-26-36(48(59)54-38-17-12-33(13-18-38)47(58)55-39-24-34-10-8-9-11-41(34)53-28-39)15-20-42(45)57-50(61)37-16-21-43(46(27-37)64-30-32(3)4)56-49(60)35-14-19-40(52)44(25-35)62-22-23-65-51(5,6)7;1-21(2)19-44-30-17-24(33(40)38-28-13-10-25(34(41)42)18-31(28)45-20-22(3)4)9-12-27(30)37-32(39)23-8-11-26(36)29(16-23)43-14-15-46-35(5,6)7;17-13-7-5-11(6-8-13)16(20)19-14-9-12-3-1-2-4-15(12)18-10-14/h8-11,14-16,19-21,24-28,31-33,38H,12-13,17-18,22-23,29-30H2,1-7H3,(H,54,59)(H,55,58)(H,56,60)(H,57,61);8-13,16-18,21-22H,14-15,19-20H2,1-7H3,(H,37,39)(H,38,40)(H,41,42);1-4,9-11,13H,5-8,17H2,(H,19,20). The van der Waals surface area contributed by atoms with Crippen LogP contribution in [0.5, 0.6) is 34.5 Å². The number of carbonyl (C=O) groups excluding carboxylic acids is 7. The number of para-hydroxylation sites is 2. The molecule has 2 aliphatic carbocycles. The Balaban J connectivity index is 0.000000232. The van der Waals surface area contributed by atoms with Crippen LogP contribution in [-0.2, 0) is 19.1 Å². The number of anilines is 6. The average Bonchev–Trinajstić information content (AvgIpc) is 0.818. The van der Waals surface area contributed by atoms with Crippen LogP contribution < -0.4 is 71.4 Å². The van der Waals surface area contributed by atoms with Crippen LogP contribution in [0.3, 0.4) is 0 Å². The maximum absolute atomic E-state index is 14.6. The summed E-state index contributed by atoms with van der Waals surface area (Å²) in [5, 5.41) is 31.8. The molecule has 0 spiro atoms. The number of hydrogen-bond donors (Lipinski definition) is 9. The molecule has 0 radical (unpaired) electrons. The Morgan fingerprint density at radius 2 is 0.679 bits per heavy atom. The molecule has 696 valence electrons. The van der Waals surface area contributed by atoms with Gasteiger partial charge < -0.3 is 86.0 Å². The number of carboxylic acid groups (broad SMARTS) is 1. The molecule has 7 amide bonds. The number of nitrogens with one attached hydrogen (secondary N) is 7. The summed E-state index contributed by atoms with van der Waals surface area (Å²) in [5.74, 6) is -3.22. The lowest BCUT2D eigenvalue weighted by molar-refractivity contribution is -0.121. The zero-order chi connectivity index (χ0) is 94.6. The molecule has 29 heteroatoms. The minimum absolute atomic E-state index is 0.0237. The monoisotopic (exact) mass is 1800 g/mol. The minimum Gasteiger partial charge on any atom is -0.491 e. The molecule has 2 heterocycles. The van der Waals surface area contributed by atoms with Crippen molar-refractivity contribution in [1.29, 1.82) is 0 Å². The highest BCUT2D eigenvalue weighted by molar-refractivity contribution is 6.10. The first-order valence-electron chi connectivity index (χ1n) is 44.4. The third-order valence-corrected chi connectivity index (χ3v) is 20.7. The summed E-state index contributed by atoms with van der Waals surface area (Å²) in [4.78, 5) is 113. The number of fused-ring (bicyclic) bond motifs is 2. The number of aromatic carboxylic acids is 1. The van der Waals surface area contributed by atoms with Crippen LogP contribution in [0.2, 0.25) is 0 Å². The van der Waals surface area contributed by atoms with Crippen molar-refractivity contribution in [3.63, 3.8) is 0 Å². The fraction of sp³-hybridized carbons (Fsp3) is 0.392. The predicted octanol–water partition coefficient (Wildman–Crippen LogP) is 20.1. The van der Waals surface area contributed by atoms with Crippen molar-refractivity contribution < 1.29 is 90.1 Å². The van der Waals surface area contributed by atoms with Gasteiger partial charge in [0.15, 0.2) is 23.1 Å². The number of nitrogens with two attached hydrogens (primary N) is 1. The first-order chi connectivity index (χ1) is 62.3. The highest BCUT2D eigenvalue weighted by Gasteiger charge is 2.30. The summed E-state index contributed by atoms with van der Waals surface area (Å²) in [7, 11) is 0. The summed E-state index contributed by atoms with van der Waals surface area (Å²) >= 11 is 0. The molecule has 2 saturated carbocycles. The quantitative estimate of drug-likeness (QED) is 0.0167. The topological polar surface area (TPSA) is 367 Å². The van der Waals surface area contributed by atoms with E-state index in [4.69, 9.17) is 43.6 Å². The van der Waals surface area contributed by atoms with E-state index in [1.165, 1.54) is 66.7 Å². The van der Waals surface area contributed by atoms with Crippen molar-refractivity contribution in [1.82, 2.24) is 15.3 Å². The van der Waals surface area contributed by atoms with E-state index in [1.807, 2.05) is 158 Å². The molecule has 0 saturated heterocycles. The van der Waals surface area contributed by atoms with Crippen LogP contribution in [0.4, 0.5) is 42.9 Å². The molecule has 0 bridgehead atoms. The molecule has 10 aromatic rings. The zero-order valence-corrected chi connectivity index (χ0v) is 77.0. The molecule has 10 N–H and O–H groups in total. The summed E-state index contributed by atoms with van der Waals surface area (Å²) in [5.41, 5.74) is 10.8. The van der Waals surface area contributed by atoms with Gasteiger partial charge in [-0.25, -0.2) is 13.6 Å². The Hall–Kier alpha value is -13.1. The average molecular weight is 1800 g/mol. The van der Waals surface area contributed by atoms with Crippen molar-refractivity contribution in [2.24, 2.45) is 41.2 Å². The Morgan fingerprint density at radius 3 is 1.02 bits per heavy atom. The number of aromatic nitrogens is 2. The zero-order valence-electron chi connectivity index (χ0n) is 77.0. The number of nitrogens with zero attached hydrogens (tertiary/aromatic N) is 2. The molecular formula is C102H122F2N10O17. The van der Waals surface area contributed by atoms with E-state index in [0.29, 0.717) is 91.9 Å². The largest absolute Gasteiger partial charge is 0.491 e. The number of pyridine rings is 2. The fourth-order valence-electron chi connectivity index (χ4n) is 13.8. The number of benzene rings is 8. The van der Waals surface area contributed by atoms with Gasteiger partial charge in [0.25, 0.3) is 29.5 Å². The van der Waals surface area contributed by atoms with Crippen molar-refractivity contribution in [3.05, 3.63) is 227 Å².